The zero-order valence-corrected chi connectivity index (χ0v) is 10.3. The Morgan fingerprint density at radius 2 is 2.27 bits per heavy atom. The molecule has 1 aromatic heterocycles. The summed E-state index contributed by atoms with van der Waals surface area (Å²) >= 11 is 1.90. The van der Waals surface area contributed by atoms with E-state index in [1.807, 2.05) is 11.3 Å². The highest BCUT2D eigenvalue weighted by molar-refractivity contribution is 7.12. The lowest BCUT2D eigenvalue weighted by molar-refractivity contribution is 0.429. The van der Waals surface area contributed by atoms with Gasteiger partial charge in [0.25, 0.3) is 0 Å². The van der Waals surface area contributed by atoms with Crippen LogP contribution in [0.5, 0.6) is 0 Å². The Hall–Kier alpha value is -0.600. The predicted octanol–water partition coefficient (Wildman–Crippen LogP) is 3.82. The zero-order chi connectivity index (χ0) is 10.7. The Morgan fingerprint density at radius 1 is 1.40 bits per heavy atom. The van der Waals surface area contributed by atoms with Crippen molar-refractivity contribution in [3.63, 3.8) is 0 Å². The molecule has 82 valence electrons. The Kier molecular flexibility index (Phi) is 3.60. The lowest BCUT2D eigenvalue weighted by atomic mass is 10.0. The SMILES string of the molecule is Cc1ccc(C(C)NC2CC=CCC2)s1. The summed E-state index contributed by atoms with van der Waals surface area (Å²) in [6, 6.07) is 5.63. The largest absolute Gasteiger partial charge is 0.306 e. The Balaban J connectivity index is 1.91. The van der Waals surface area contributed by atoms with Gasteiger partial charge >= 0.3 is 0 Å². The lowest BCUT2D eigenvalue weighted by Crippen LogP contribution is -2.31. The highest BCUT2D eigenvalue weighted by Crippen LogP contribution is 2.24. The maximum absolute atomic E-state index is 3.71. The van der Waals surface area contributed by atoms with Gasteiger partial charge in [-0.3, -0.25) is 0 Å². The molecule has 1 heterocycles. The molecule has 0 amide bonds. The maximum Gasteiger partial charge on any atom is 0.0388 e. The molecule has 0 spiro atoms. The first-order chi connectivity index (χ1) is 7.25. The summed E-state index contributed by atoms with van der Waals surface area (Å²) in [6.45, 7) is 4.44. The van der Waals surface area contributed by atoms with Crippen LogP contribution in [0, 0.1) is 6.92 Å². The average molecular weight is 221 g/mol. The molecule has 0 aliphatic heterocycles. The molecule has 0 fully saturated rings. The molecule has 1 N–H and O–H groups in total. The molecule has 0 aromatic carbocycles. The Morgan fingerprint density at radius 3 is 2.87 bits per heavy atom. The summed E-state index contributed by atoms with van der Waals surface area (Å²) < 4.78 is 0. The molecular formula is C13H19NS. The fourth-order valence-electron chi connectivity index (χ4n) is 2.07. The van der Waals surface area contributed by atoms with Crippen LogP contribution in [0.3, 0.4) is 0 Å². The molecule has 2 heteroatoms. The van der Waals surface area contributed by atoms with Gasteiger partial charge in [-0.2, -0.15) is 0 Å². The van der Waals surface area contributed by atoms with E-state index in [1.54, 1.807) is 0 Å². The first kappa shape index (κ1) is 10.9. The van der Waals surface area contributed by atoms with Crippen molar-refractivity contribution in [1.29, 1.82) is 0 Å². The van der Waals surface area contributed by atoms with Crippen LogP contribution in [0.2, 0.25) is 0 Å². The zero-order valence-electron chi connectivity index (χ0n) is 9.49. The molecule has 0 radical (unpaired) electrons. The molecule has 15 heavy (non-hydrogen) atoms. The highest BCUT2D eigenvalue weighted by atomic mass is 32.1. The second kappa shape index (κ2) is 4.95. The van der Waals surface area contributed by atoms with Crippen LogP contribution in [0.1, 0.15) is 42.0 Å². The molecule has 0 saturated heterocycles. The van der Waals surface area contributed by atoms with E-state index < -0.39 is 0 Å². The van der Waals surface area contributed by atoms with Gasteiger partial charge in [-0.15, -0.1) is 11.3 Å². The van der Waals surface area contributed by atoms with E-state index in [4.69, 9.17) is 0 Å². The van der Waals surface area contributed by atoms with Gasteiger partial charge < -0.3 is 5.32 Å². The number of rotatable bonds is 3. The number of allylic oxidation sites excluding steroid dienone is 1. The van der Waals surface area contributed by atoms with Crippen molar-refractivity contribution in [2.75, 3.05) is 0 Å². The summed E-state index contributed by atoms with van der Waals surface area (Å²) in [5.41, 5.74) is 0. The van der Waals surface area contributed by atoms with Crippen LogP contribution in [-0.2, 0) is 0 Å². The topological polar surface area (TPSA) is 12.0 Å². The number of hydrogen-bond acceptors (Lipinski definition) is 2. The second-order valence-corrected chi connectivity index (χ2v) is 5.64. The minimum absolute atomic E-state index is 0.500. The molecule has 0 bridgehead atoms. The quantitative estimate of drug-likeness (QED) is 0.765. The van der Waals surface area contributed by atoms with Crippen molar-refractivity contribution in [2.24, 2.45) is 0 Å². The first-order valence-corrected chi connectivity index (χ1v) is 6.55. The van der Waals surface area contributed by atoms with Crippen LogP contribution >= 0.6 is 11.3 Å². The molecule has 2 atom stereocenters. The second-order valence-electron chi connectivity index (χ2n) is 4.32. The molecule has 2 rings (SSSR count). The van der Waals surface area contributed by atoms with E-state index in [1.165, 1.54) is 29.0 Å². The van der Waals surface area contributed by atoms with Gasteiger partial charge in [0.1, 0.15) is 0 Å². The van der Waals surface area contributed by atoms with Gasteiger partial charge in [-0.1, -0.05) is 12.2 Å². The van der Waals surface area contributed by atoms with Crippen molar-refractivity contribution in [2.45, 2.75) is 45.2 Å². The maximum atomic E-state index is 3.71. The molecule has 1 aromatic rings. The summed E-state index contributed by atoms with van der Waals surface area (Å²) in [6.07, 6.45) is 8.29. The molecule has 1 nitrogen and oxygen atoms in total. The Bertz CT molecular complexity index is 340. The van der Waals surface area contributed by atoms with Crippen molar-refractivity contribution in [3.05, 3.63) is 34.0 Å². The van der Waals surface area contributed by atoms with Crippen LogP contribution in [-0.4, -0.2) is 6.04 Å². The van der Waals surface area contributed by atoms with Crippen LogP contribution in [0.4, 0.5) is 0 Å². The Labute approximate surface area is 96.2 Å². The van der Waals surface area contributed by atoms with E-state index in [0.717, 1.165) is 0 Å². The van der Waals surface area contributed by atoms with E-state index in [2.05, 4.69) is 43.4 Å². The monoisotopic (exact) mass is 221 g/mol. The molecule has 1 aliphatic carbocycles. The van der Waals surface area contributed by atoms with Gasteiger partial charge in [0.2, 0.25) is 0 Å². The number of hydrogen-bond donors (Lipinski definition) is 1. The van der Waals surface area contributed by atoms with Crippen molar-refractivity contribution < 1.29 is 0 Å². The van der Waals surface area contributed by atoms with Gasteiger partial charge in [0.05, 0.1) is 0 Å². The van der Waals surface area contributed by atoms with Crippen molar-refractivity contribution in [1.82, 2.24) is 5.32 Å². The highest BCUT2D eigenvalue weighted by Gasteiger charge is 2.14. The average Bonchev–Trinajstić information content (AvgIpc) is 2.66. The minimum Gasteiger partial charge on any atom is -0.306 e. The summed E-state index contributed by atoms with van der Waals surface area (Å²) in [7, 11) is 0. The van der Waals surface area contributed by atoms with E-state index >= 15 is 0 Å². The fraction of sp³-hybridized carbons (Fsp3) is 0.538. The van der Waals surface area contributed by atoms with Gasteiger partial charge in [-0.25, -0.2) is 0 Å². The minimum atomic E-state index is 0.500. The van der Waals surface area contributed by atoms with E-state index in [9.17, 15) is 0 Å². The van der Waals surface area contributed by atoms with Crippen LogP contribution in [0.25, 0.3) is 0 Å². The van der Waals surface area contributed by atoms with Crippen LogP contribution < -0.4 is 5.32 Å². The van der Waals surface area contributed by atoms with Crippen LogP contribution in [0.15, 0.2) is 24.3 Å². The molecule has 1 aliphatic rings. The standard InChI is InChI=1S/C13H19NS/c1-10-8-9-13(15-10)11(2)14-12-6-4-3-5-7-12/h3-4,8-9,11-12,14H,5-7H2,1-2H3. The van der Waals surface area contributed by atoms with Crippen molar-refractivity contribution in [3.8, 4) is 0 Å². The summed E-state index contributed by atoms with van der Waals surface area (Å²) in [4.78, 5) is 2.87. The molecule has 0 saturated carbocycles. The summed E-state index contributed by atoms with van der Waals surface area (Å²) in [5.74, 6) is 0. The van der Waals surface area contributed by atoms with Gasteiger partial charge in [0.15, 0.2) is 0 Å². The third-order valence-corrected chi connectivity index (χ3v) is 4.13. The lowest BCUT2D eigenvalue weighted by Gasteiger charge is -2.23. The van der Waals surface area contributed by atoms with Gasteiger partial charge in [0, 0.05) is 21.8 Å². The van der Waals surface area contributed by atoms with Gasteiger partial charge in [-0.05, 0) is 45.2 Å². The number of nitrogens with one attached hydrogen (secondary N) is 1. The predicted molar refractivity (Wildman–Crippen MR) is 67.4 cm³/mol. The molecule has 2 unspecified atom stereocenters. The third kappa shape index (κ3) is 2.93. The summed E-state index contributed by atoms with van der Waals surface area (Å²) in [5, 5.41) is 3.71. The third-order valence-electron chi connectivity index (χ3n) is 2.94. The number of thiophene rings is 1. The fourth-order valence-corrected chi connectivity index (χ4v) is 2.96. The molecular weight excluding hydrogens is 202 g/mol. The van der Waals surface area contributed by atoms with E-state index in [-0.39, 0.29) is 0 Å². The van der Waals surface area contributed by atoms with Crippen molar-refractivity contribution >= 4 is 11.3 Å². The van der Waals surface area contributed by atoms with E-state index in [0.29, 0.717) is 12.1 Å². The normalized spacial score (nSPS) is 22.9. The smallest absolute Gasteiger partial charge is 0.0388 e. The first-order valence-electron chi connectivity index (χ1n) is 5.73. The number of aryl methyl sites for hydroxylation is 1.